The predicted molar refractivity (Wildman–Crippen MR) is 222 cm³/mol. The summed E-state index contributed by atoms with van der Waals surface area (Å²) in [5.41, 5.74) is 15.4. The van der Waals surface area contributed by atoms with Crippen LogP contribution in [-0.4, -0.2) is 0 Å². The molecule has 52 heavy (non-hydrogen) atoms. The summed E-state index contributed by atoms with van der Waals surface area (Å²) in [5, 5.41) is 2.55. The lowest BCUT2D eigenvalue weighted by Gasteiger charge is -2.29. The molecule has 7 aromatic carbocycles. The first kappa shape index (κ1) is 32.5. The van der Waals surface area contributed by atoms with Crippen molar-refractivity contribution in [1.82, 2.24) is 0 Å². The number of hydrogen-bond acceptors (Lipinski definition) is 1. The summed E-state index contributed by atoms with van der Waals surface area (Å²) in [6, 6.07) is 58.8. The first-order chi connectivity index (χ1) is 25.4. The second kappa shape index (κ2) is 13.0. The minimum absolute atomic E-state index is 0.0694. The van der Waals surface area contributed by atoms with Crippen molar-refractivity contribution >= 4 is 27.8 Å². The maximum Gasteiger partial charge on any atom is 0.0465 e. The van der Waals surface area contributed by atoms with Gasteiger partial charge in [0.25, 0.3) is 0 Å². The van der Waals surface area contributed by atoms with E-state index in [1.54, 1.807) is 0 Å². The Morgan fingerprint density at radius 2 is 1.12 bits per heavy atom. The van der Waals surface area contributed by atoms with Crippen molar-refractivity contribution in [3.8, 4) is 33.4 Å². The summed E-state index contributed by atoms with van der Waals surface area (Å²) in [7, 11) is 0. The fraction of sp³-hybridized carbons (Fsp3) is 0.216. The van der Waals surface area contributed by atoms with E-state index < -0.39 is 0 Å². The molecule has 1 fully saturated rings. The molecule has 3 unspecified atom stereocenters. The summed E-state index contributed by atoms with van der Waals surface area (Å²) in [5.74, 6) is 2.20. The molecule has 3 atom stereocenters. The molecule has 1 heteroatoms. The highest BCUT2D eigenvalue weighted by atomic mass is 15.1. The summed E-state index contributed by atoms with van der Waals surface area (Å²) >= 11 is 0. The van der Waals surface area contributed by atoms with Gasteiger partial charge < -0.3 is 4.90 Å². The van der Waals surface area contributed by atoms with Crippen molar-refractivity contribution in [3.63, 3.8) is 0 Å². The Bertz CT molecular complexity index is 2380. The van der Waals surface area contributed by atoms with E-state index in [2.05, 4.69) is 190 Å². The maximum absolute atomic E-state index is 2.45. The molecule has 0 saturated heterocycles. The van der Waals surface area contributed by atoms with Gasteiger partial charge in [-0.05, 0) is 128 Å². The topological polar surface area (TPSA) is 3.24 Å². The number of benzene rings is 7. The van der Waals surface area contributed by atoms with E-state index in [0.29, 0.717) is 5.92 Å². The van der Waals surface area contributed by atoms with Crippen molar-refractivity contribution in [3.05, 3.63) is 174 Å². The van der Waals surface area contributed by atoms with E-state index in [-0.39, 0.29) is 5.41 Å². The van der Waals surface area contributed by atoms with Gasteiger partial charge in [0.2, 0.25) is 0 Å². The van der Waals surface area contributed by atoms with Gasteiger partial charge in [-0.1, -0.05) is 155 Å². The largest absolute Gasteiger partial charge is 0.310 e. The molecule has 1 nitrogen and oxygen atoms in total. The molecule has 0 spiro atoms. The van der Waals surface area contributed by atoms with Crippen LogP contribution in [0.4, 0.5) is 17.1 Å². The highest BCUT2D eigenvalue weighted by Crippen LogP contribution is 2.51. The Kier molecular flexibility index (Phi) is 8.11. The van der Waals surface area contributed by atoms with E-state index in [1.165, 1.54) is 91.5 Å². The van der Waals surface area contributed by atoms with Crippen LogP contribution in [0.1, 0.15) is 69.6 Å². The molecule has 0 aromatic heterocycles. The molecule has 7 aromatic rings. The molecular weight excluding hydrogens is 627 g/mol. The van der Waals surface area contributed by atoms with Gasteiger partial charge in [0.1, 0.15) is 0 Å². The van der Waals surface area contributed by atoms with Crippen molar-refractivity contribution < 1.29 is 0 Å². The van der Waals surface area contributed by atoms with Crippen LogP contribution in [0.2, 0.25) is 0 Å². The van der Waals surface area contributed by atoms with Crippen LogP contribution in [0.25, 0.3) is 44.2 Å². The molecule has 0 heterocycles. The number of fused-ring (bicyclic) bond motifs is 4. The highest BCUT2D eigenvalue weighted by molar-refractivity contribution is 6.06. The normalized spacial score (nSPS) is 17.8. The van der Waals surface area contributed by atoms with Gasteiger partial charge in [-0.2, -0.15) is 0 Å². The number of hydrogen-bond donors (Lipinski definition) is 0. The van der Waals surface area contributed by atoms with Crippen LogP contribution in [0.5, 0.6) is 0 Å². The Hall–Kier alpha value is -5.40. The van der Waals surface area contributed by atoms with Crippen LogP contribution in [0.3, 0.4) is 0 Å². The third-order valence-corrected chi connectivity index (χ3v) is 12.4. The van der Waals surface area contributed by atoms with E-state index in [9.17, 15) is 0 Å². The Balaban J connectivity index is 1.14. The molecule has 0 radical (unpaired) electrons. The lowest BCUT2D eigenvalue weighted by molar-refractivity contribution is 0.443. The predicted octanol–water partition coefficient (Wildman–Crippen LogP) is 14.5. The van der Waals surface area contributed by atoms with Crippen molar-refractivity contribution in [2.24, 2.45) is 11.8 Å². The van der Waals surface area contributed by atoms with Crippen LogP contribution in [0.15, 0.2) is 158 Å². The average Bonchev–Trinajstić information content (AvgIpc) is 3.73. The monoisotopic (exact) mass is 673 g/mol. The zero-order valence-electron chi connectivity index (χ0n) is 30.8. The smallest absolute Gasteiger partial charge is 0.0465 e. The van der Waals surface area contributed by atoms with E-state index in [1.807, 2.05) is 0 Å². The van der Waals surface area contributed by atoms with Crippen molar-refractivity contribution in [2.45, 2.75) is 58.3 Å². The number of anilines is 3. The van der Waals surface area contributed by atoms with Crippen LogP contribution >= 0.6 is 0 Å². The van der Waals surface area contributed by atoms with Gasteiger partial charge in [-0.3, -0.25) is 0 Å². The lowest BCUT2D eigenvalue weighted by atomic mass is 9.82. The maximum atomic E-state index is 2.45. The minimum Gasteiger partial charge on any atom is -0.310 e. The highest BCUT2D eigenvalue weighted by Gasteiger charge is 2.36. The average molecular weight is 674 g/mol. The number of rotatable bonds is 7. The summed E-state index contributed by atoms with van der Waals surface area (Å²) in [4.78, 5) is 2.45. The van der Waals surface area contributed by atoms with Crippen LogP contribution in [-0.2, 0) is 5.41 Å². The van der Waals surface area contributed by atoms with Gasteiger partial charge in [0.05, 0.1) is 0 Å². The third kappa shape index (κ3) is 5.55. The first-order valence-corrected chi connectivity index (χ1v) is 19.2. The summed E-state index contributed by atoms with van der Waals surface area (Å²) in [6.07, 6.45) is 4.05. The standard InChI is InChI=1S/C51H47N/c1-34-20-21-40(32-34)35(2)36-22-26-41(27-23-36)52(43-30-31-47-46-16-8-9-19-48(46)51(3,4)49(47)33-43)42-28-24-38(25-29-42)45-18-11-15-39-14-10-17-44(50(39)45)37-12-6-5-7-13-37/h5-19,22-31,33-35,40H,20-21,32H2,1-4H3. The zero-order valence-corrected chi connectivity index (χ0v) is 30.8. The Morgan fingerprint density at radius 3 is 1.79 bits per heavy atom. The van der Waals surface area contributed by atoms with Gasteiger partial charge in [0.15, 0.2) is 0 Å². The molecule has 0 aliphatic heterocycles. The van der Waals surface area contributed by atoms with Crippen molar-refractivity contribution in [2.75, 3.05) is 4.90 Å². The molecule has 2 aliphatic carbocycles. The lowest BCUT2D eigenvalue weighted by Crippen LogP contribution is -2.16. The van der Waals surface area contributed by atoms with Gasteiger partial charge in [-0.15, -0.1) is 0 Å². The minimum atomic E-state index is -0.0694. The molecule has 0 N–H and O–H groups in total. The fourth-order valence-corrected chi connectivity index (χ4v) is 9.41. The van der Waals surface area contributed by atoms with Gasteiger partial charge in [0, 0.05) is 22.5 Å². The molecule has 0 amide bonds. The molecule has 2 aliphatic rings. The van der Waals surface area contributed by atoms with Gasteiger partial charge >= 0.3 is 0 Å². The first-order valence-electron chi connectivity index (χ1n) is 19.2. The molecule has 0 bridgehead atoms. The van der Waals surface area contributed by atoms with Gasteiger partial charge in [-0.25, -0.2) is 0 Å². The van der Waals surface area contributed by atoms with E-state index in [4.69, 9.17) is 0 Å². The third-order valence-electron chi connectivity index (χ3n) is 12.4. The second-order valence-electron chi connectivity index (χ2n) is 15.9. The molecular formula is C51H47N. The van der Waals surface area contributed by atoms with E-state index in [0.717, 1.165) is 17.5 Å². The SMILES string of the molecule is CC1CCC(C(C)c2ccc(N(c3ccc(-c4cccc5cccc(-c6ccccc6)c45)cc3)c3ccc4c(c3)C(C)(C)c3ccccc3-4)cc2)C1. The Labute approximate surface area is 309 Å². The molecule has 9 rings (SSSR count). The zero-order chi connectivity index (χ0) is 35.4. The van der Waals surface area contributed by atoms with Crippen molar-refractivity contribution in [1.29, 1.82) is 0 Å². The summed E-state index contributed by atoms with van der Waals surface area (Å²) < 4.78 is 0. The number of nitrogens with zero attached hydrogens (tertiary/aromatic N) is 1. The quantitative estimate of drug-likeness (QED) is 0.163. The van der Waals surface area contributed by atoms with Crippen LogP contribution < -0.4 is 4.90 Å². The second-order valence-corrected chi connectivity index (χ2v) is 15.9. The van der Waals surface area contributed by atoms with Crippen LogP contribution in [0, 0.1) is 11.8 Å². The fourth-order valence-electron chi connectivity index (χ4n) is 9.41. The van der Waals surface area contributed by atoms with E-state index >= 15 is 0 Å². The molecule has 1 saturated carbocycles. The Morgan fingerprint density at radius 1 is 0.538 bits per heavy atom. The molecule has 256 valence electrons. The summed E-state index contributed by atoms with van der Waals surface area (Å²) in [6.45, 7) is 9.59.